The molecule has 1 saturated heterocycles. The molecule has 2 aliphatic rings. The van der Waals surface area contributed by atoms with Gasteiger partial charge < -0.3 is 15.3 Å². The Labute approximate surface area is 120 Å². The maximum Gasteiger partial charge on any atom is 0.317 e. The summed E-state index contributed by atoms with van der Waals surface area (Å²) in [6.45, 7) is 6.43. The van der Waals surface area contributed by atoms with Crippen LogP contribution < -0.4 is 5.32 Å². The molecular formula is C14H25N3O3. The first kappa shape index (κ1) is 15.1. The molecule has 114 valence electrons. The summed E-state index contributed by atoms with van der Waals surface area (Å²) in [5.41, 5.74) is 0. The lowest BCUT2D eigenvalue weighted by molar-refractivity contribution is -0.137. The van der Waals surface area contributed by atoms with Crippen LogP contribution in [-0.2, 0) is 4.79 Å². The molecule has 6 nitrogen and oxygen atoms in total. The van der Waals surface area contributed by atoms with Gasteiger partial charge in [-0.1, -0.05) is 6.92 Å². The van der Waals surface area contributed by atoms with E-state index in [4.69, 9.17) is 5.11 Å². The molecule has 0 bridgehead atoms. The molecule has 2 rings (SSSR count). The average Bonchev–Trinajstić information content (AvgIpc) is 3.27. The fourth-order valence-corrected chi connectivity index (χ4v) is 2.62. The van der Waals surface area contributed by atoms with E-state index in [1.807, 2.05) is 4.90 Å². The molecule has 2 amide bonds. The van der Waals surface area contributed by atoms with E-state index in [9.17, 15) is 9.59 Å². The van der Waals surface area contributed by atoms with Crippen molar-refractivity contribution >= 4 is 12.0 Å². The molecule has 1 aliphatic carbocycles. The van der Waals surface area contributed by atoms with Gasteiger partial charge in [0.25, 0.3) is 0 Å². The molecule has 2 N–H and O–H groups in total. The van der Waals surface area contributed by atoms with Gasteiger partial charge >= 0.3 is 12.0 Å². The standard InChI is InChI=1S/C14H25N3O3/c1-11(12-2-3-12)10-15-14(20)17-8-6-16(7-9-17)5-4-13(18)19/h11-12H,2-10H2,1H3,(H,15,20)(H,18,19). The number of hydrogen-bond donors (Lipinski definition) is 2. The van der Waals surface area contributed by atoms with Crippen LogP contribution in [0.1, 0.15) is 26.2 Å². The van der Waals surface area contributed by atoms with Crippen molar-refractivity contribution in [2.45, 2.75) is 26.2 Å². The first-order valence-corrected chi connectivity index (χ1v) is 7.53. The van der Waals surface area contributed by atoms with E-state index in [1.54, 1.807) is 0 Å². The second-order valence-electron chi connectivity index (χ2n) is 5.97. The van der Waals surface area contributed by atoms with Crippen LogP contribution in [-0.4, -0.2) is 66.2 Å². The van der Waals surface area contributed by atoms with E-state index in [0.29, 0.717) is 25.6 Å². The van der Waals surface area contributed by atoms with Gasteiger partial charge in [0.15, 0.2) is 0 Å². The third-order valence-electron chi connectivity index (χ3n) is 4.30. The number of nitrogens with one attached hydrogen (secondary N) is 1. The van der Waals surface area contributed by atoms with E-state index < -0.39 is 5.97 Å². The molecular weight excluding hydrogens is 258 g/mol. The van der Waals surface area contributed by atoms with Crippen molar-refractivity contribution in [1.82, 2.24) is 15.1 Å². The number of rotatable bonds is 6. The minimum atomic E-state index is -0.765. The van der Waals surface area contributed by atoms with Gasteiger partial charge in [-0.05, 0) is 24.7 Å². The molecule has 1 unspecified atom stereocenters. The minimum absolute atomic E-state index is 0.0235. The normalized spacial score (nSPS) is 21.6. The Bertz CT molecular complexity index is 350. The van der Waals surface area contributed by atoms with E-state index in [0.717, 1.165) is 25.6 Å². The monoisotopic (exact) mass is 283 g/mol. The summed E-state index contributed by atoms with van der Waals surface area (Å²) >= 11 is 0. The van der Waals surface area contributed by atoms with Crippen LogP contribution in [0, 0.1) is 11.8 Å². The Balaban J connectivity index is 1.62. The van der Waals surface area contributed by atoms with Crippen LogP contribution in [0.3, 0.4) is 0 Å². The summed E-state index contributed by atoms with van der Waals surface area (Å²) in [5.74, 6) is 0.623. The molecule has 1 heterocycles. The lowest BCUT2D eigenvalue weighted by Crippen LogP contribution is -2.52. The minimum Gasteiger partial charge on any atom is -0.481 e. The van der Waals surface area contributed by atoms with Crippen molar-refractivity contribution < 1.29 is 14.7 Å². The zero-order valence-corrected chi connectivity index (χ0v) is 12.2. The first-order chi connectivity index (χ1) is 9.56. The molecule has 1 aliphatic heterocycles. The van der Waals surface area contributed by atoms with Gasteiger partial charge in [-0.2, -0.15) is 0 Å². The SMILES string of the molecule is CC(CNC(=O)N1CCN(CCC(=O)O)CC1)C1CC1. The number of hydrogen-bond acceptors (Lipinski definition) is 3. The smallest absolute Gasteiger partial charge is 0.317 e. The summed E-state index contributed by atoms with van der Waals surface area (Å²) in [6.07, 6.45) is 2.78. The van der Waals surface area contributed by atoms with Gasteiger partial charge in [0.05, 0.1) is 6.42 Å². The van der Waals surface area contributed by atoms with Crippen molar-refractivity contribution in [2.75, 3.05) is 39.3 Å². The molecule has 20 heavy (non-hydrogen) atoms. The Hall–Kier alpha value is -1.30. The fraction of sp³-hybridized carbons (Fsp3) is 0.857. The summed E-state index contributed by atoms with van der Waals surface area (Å²) in [6, 6.07) is 0.0235. The highest BCUT2D eigenvalue weighted by molar-refractivity contribution is 5.74. The van der Waals surface area contributed by atoms with Crippen molar-refractivity contribution in [2.24, 2.45) is 11.8 Å². The van der Waals surface area contributed by atoms with Gasteiger partial charge in [-0.3, -0.25) is 9.69 Å². The van der Waals surface area contributed by atoms with Crippen LogP contribution in [0.5, 0.6) is 0 Å². The summed E-state index contributed by atoms with van der Waals surface area (Å²) in [5, 5.41) is 11.7. The maximum atomic E-state index is 12.0. The van der Waals surface area contributed by atoms with Crippen molar-refractivity contribution in [1.29, 1.82) is 0 Å². The van der Waals surface area contributed by atoms with Gasteiger partial charge in [-0.15, -0.1) is 0 Å². The van der Waals surface area contributed by atoms with Crippen LogP contribution in [0.15, 0.2) is 0 Å². The molecule has 2 fully saturated rings. The van der Waals surface area contributed by atoms with Crippen molar-refractivity contribution in [3.8, 4) is 0 Å². The van der Waals surface area contributed by atoms with Gasteiger partial charge in [0.2, 0.25) is 0 Å². The van der Waals surface area contributed by atoms with Crippen LogP contribution in [0.2, 0.25) is 0 Å². The van der Waals surface area contributed by atoms with Gasteiger partial charge in [0.1, 0.15) is 0 Å². The molecule has 0 radical (unpaired) electrons. The lowest BCUT2D eigenvalue weighted by Gasteiger charge is -2.34. The van der Waals surface area contributed by atoms with Gasteiger partial charge in [0, 0.05) is 39.3 Å². The zero-order chi connectivity index (χ0) is 14.5. The van der Waals surface area contributed by atoms with Crippen molar-refractivity contribution in [3.63, 3.8) is 0 Å². The number of carbonyl (C=O) groups excluding carboxylic acids is 1. The number of urea groups is 1. The van der Waals surface area contributed by atoms with Crippen LogP contribution >= 0.6 is 0 Å². The predicted octanol–water partition coefficient (Wildman–Crippen LogP) is 0.834. The van der Waals surface area contributed by atoms with Gasteiger partial charge in [-0.25, -0.2) is 4.79 Å². The highest BCUT2D eigenvalue weighted by atomic mass is 16.4. The summed E-state index contributed by atoms with van der Waals surface area (Å²) in [4.78, 5) is 26.5. The number of amides is 2. The highest BCUT2D eigenvalue weighted by Crippen LogP contribution is 2.36. The molecule has 0 aromatic rings. The summed E-state index contributed by atoms with van der Waals surface area (Å²) < 4.78 is 0. The second kappa shape index (κ2) is 6.92. The zero-order valence-electron chi connectivity index (χ0n) is 12.2. The Kier molecular flexibility index (Phi) is 5.23. The number of carbonyl (C=O) groups is 2. The Morgan fingerprint density at radius 3 is 2.45 bits per heavy atom. The third kappa shape index (κ3) is 4.67. The molecule has 1 saturated carbocycles. The Morgan fingerprint density at radius 2 is 1.90 bits per heavy atom. The quantitative estimate of drug-likeness (QED) is 0.757. The number of carboxylic acid groups (broad SMARTS) is 1. The number of carboxylic acids is 1. The van der Waals surface area contributed by atoms with E-state index >= 15 is 0 Å². The lowest BCUT2D eigenvalue weighted by atomic mass is 10.1. The fourth-order valence-electron chi connectivity index (χ4n) is 2.62. The third-order valence-corrected chi connectivity index (χ3v) is 4.30. The maximum absolute atomic E-state index is 12.0. The molecule has 0 spiro atoms. The van der Waals surface area contributed by atoms with Crippen molar-refractivity contribution in [3.05, 3.63) is 0 Å². The number of piperazine rings is 1. The molecule has 1 atom stereocenters. The molecule has 0 aromatic heterocycles. The number of aliphatic carboxylic acids is 1. The van der Waals surface area contributed by atoms with E-state index in [-0.39, 0.29) is 12.5 Å². The first-order valence-electron chi connectivity index (χ1n) is 7.53. The van der Waals surface area contributed by atoms with E-state index in [1.165, 1.54) is 12.8 Å². The Morgan fingerprint density at radius 1 is 1.25 bits per heavy atom. The topological polar surface area (TPSA) is 72.9 Å². The van der Waals surface area contributed by atoms with Crippen LogP contribution in [0.4, 0.5) is 4.79 Å². The number of nitrogens with zero attached hydrogens (tertiary/aromatic N) is 2. The highest BCUT2D eigenvalue weighted by Gasteiger charge is 2.28. The van der Waals surface area contributed by atoms with Crippen LogP contribution in [0.25, 0.3) is 0 Å². The second-order valence-corrected chi connectivity index (χ2v) is 5.97. The molecule has 0 aromatic carbocycles. The largest absolute Gasteiger partial charge is 0.481 e. The predicted molar refractivity (Wildman–Crippen MR) is 75.6 cm³/mol. The average molecular weight is 283 g/mol. The van der Waals surface area contributed by atoms with E-state index in [2.05, 4.69) is 17.1 Å². The molecule has 6 heteroatoms. The summed E-state index contributed by atoms with van der Waals surface area (Å²) in [7, 11) is 0.